The number of hydrogen-bond donors (Lipinski definition) is 3. The van der Waals surface area contributed by atoms with Gasteiger partial charge in [0.25, 0.3) is 0 Å². The van der Waals surface area contributed by atoms with Crippen molar-refractivity contribution in [2.75, 3.05) is 29.5 Å². The number of amides is 1. The number of carbonyl (C=O) groups is 1. The largest absolute Gasteiger partial charge is 0.368 e. The maximum absolute atomic E-state index is 13.7. The molecule has 10 heteroatoms. The third kappa shape index (κ3) is 5.91. The van der Waals surface area contributed by atoms with Crippen molar-refractivity contribution in [2.45, 2.75) is 57.4 Å². The molecule has 3 aliphatic rings. The smallest absolute Gasteiger partial charge is 0.225 e. The molecule has 3 N–H and O–H groups in total. The monoisotopic (exact) mass is 591 g/mol. The number of nitriles is 1. The van der Waals surface area contributed by atoms with Crippen LogP contribution in [0.5, 0.6) is 0 Å². The molecule has 2 saturated carbocycles. The molecule has 0 unspecified atom stereocenters. The predicted octanol–water partition coefficient (Wildman–Crippen LogP) is 6.33. The fourth-order valence-corrected chi connectivity index (χ4v) is 7.58. The Kier molecular flexibility index (Phi) is 7.32. The summed E-state index contributed by atoms with van der Waals surface area (Å²) in [5, 5.41) is 17.7. The number of rotatable bonds is 6. The zero-order chi connectivity index (χ0) is 29.7. The summed E-state index contributed by atoms with van der Waals surface area (Å²) in [6, 6.07) is 16.7. The molecular weight excluding hydrogens is 553 g/mol. The fourth-order valence-electron chi connectivity index (χ4n) is 6.35. The Balaban J connectivity index is 1.36. The lowest BCUT2D eigenvalue weighted by Crippen LogP contribution is -2.45. The summed E-state index contributed by atoms with van der Waals surface area (Å²) in [4.78, 5) is 15.9. The molecule has 1 amide bonds. The molecule has 0 bridgehead atoms. The Morgan fingerprint density at radius 1 is 1.05 bits per heavy atom. The number of nitrogens with zero attached hydrogens (tertiary/aromatic N) is 4. The summed E-state index contributed by atoms with van der Waals surface area (Å²) in [5.41, 5.74) is 3.70. The normalized spacial score (nSPS) is 24.8. The highest BCUT2D eigenvalue weighted by atomic mass is 32.3. The second-order valence-corrected chi connectivity index (χ2v) is 15.3. The Morgan fingerprint density at radius 2 is 1.69 bits per heavy atom. The fraction of sp³-hybridized carbons (Fsp3) is 0.469. The van der Waals surface area contributed by atoms with Crippen LogP contribution in [0, 0.1) is 28.5 Å². The van der Waals surface area contributed by atoms with Crippen molar-refractivity contribution in [3.05, 3.63) is 66.2 Å². The quantitative estimate of drug-likeness (QED) is 0.309. The first-order valence-corrected chi connectivity index (χ1v) is 16.5. The highest BCUT2D eigenvalue weighted by Crippen LogP contribution is 2.49. The molecule has 6 rings (SSSR count). The van der Waals surface area contributed by atoms with Crippen LogP contribution >= 0.6 is 10.6 Å². The first-order chi connectivity index (χ1) is 20.0. The van der Waals surface area contributed by atoms with Crippen LogP contribution in [0.2, 0.25) is 0 Å². The Labute approximate surface area is 247 Å². The van der Waals surface area contributed by atoms with Gasteiger partial charge in [0.05, 0.1) is 29.0 Å². The minimum atomic E-state index is -2.48. The van der Waals surface area contributed by atoms with Crippen LogP contribution in [0.1, 0.15) is 57.6 Å². The van der Waals surface area contributed by atoms with Crippen molar-refractivity contribution < 1.29 is 18.3 Å². The lowest BCUT2D eigenvalue weighted by molar-refractivity contribution is -0.128. The highest BCUT2D eigenvalue weighted by Gasteiger charge is 2.48. The Hall–Kier alpha value is -3.39. The maximum atomic E-state index is 13.7. The number of anilines is 1. The van der Waals surface area contributed by atoms with Gasteiger partial charge >= 0.3 is 0 Å². The molecule has 3 aromatic rings. The van der Waals surface area contributed by atoms with Crippen LogP contribution in [-0.2, 0) is 4.79 Å². The van der Waals surface area contributed by atoms with Gasteiger partial charge in [0, 0.05) is 42.4 Å². The number of nitrogens with one attached hydrogen (secondary N) is 1. The van der Waals surface area contributed by atoms with Gasteiger partial charge in [-0.2, -0.15) is 21.0 Å². The molecule has 0 spiro atoms. The minimum Gasteiger partial charge on any atom is -0.368 e. The molecule has 2 heterocycles. The van der Waals surface area contributed by atoms with E-state index in [1.165, 1.54) is 12.1 Å². The van der Waals surface area contributed by atoms with E-state index in [2.05, 4.69) is 30.1 Å². The number of hydrogen-bond acceptors (Lipinski definition) is 6. The number of aromatic nitrogens is 2. The lowest BCUT2D eigenvalue weighted by Gasteiger charge is -2.42. The zero-order valence-electron chi connectivity index (χ0n) is 24.1. The molecule has 2 aliphatic carbocycles. The predicted molar refractivity (Wildman–Crippen MR) is 163 cm³/mol. The van der Waals surface area contributed by atoms with Crippen molar-refractivity contribution >= 4 is 22.2 Å². The molecule has 3 fully saturated rings. The molecule has 1 saturated heterocycles. The molecule has 0 radical (unpaired) electrons. The molecule has 8 nitrogen and oxygen atoms in total. The summed E-state index contributed by atoms with van der Waals surface area (Å²) in [6.45, 7) is 5.57. The SMILES string of the molecule is CC1(C)CC[C@@H](c2nn(-c3ccc(F)cc3)cc2-c2ccc(N3CCS(O)(O)CC3)cc2)[C@H](C(=O)NC2(C#N)CC2)C1. The molecular formula is C32H38FN5O3S. The average Bonchev–Trinajstić information content (AvgIpc) is 3.60. The molecule has 1 aromatic heterocycles. The Morgan fingerprint density at radius 3 is 2.31 bits per heavy atom. The first-order valence-electron chi connectivity index (χ1n) is 14.6. The molecule has 2 atom stereocenters. The lowest BCUT2D eigenvalue weighted by atomic mass is 9.65. The van der Waals surface area contributed by atoms with E-state index in [-0.39, 0.29) is 29.0 Å². The summed E-state index contributed by atoms with van der Waals surface area (Å²) in [6.07, 6.45) is 5.75. The van der Waals surface area contributed by atoms with Gasteiger partial charge in [-0.1, -0.05) is 26.0 Å². The van der Waals surface area contributed by atoms with Gasteiger partial charge in [-0.3, -0.25) is 13.9 Å². The van der Waals surface area contributed by atoms with Crippen molar-refractivity contribution in [1.82, 2.24) is 15.1 Å². The average molecular weight is 592 g/mol. The van der Waals surface area contributed by atoms with Crippen LogP contribution < -0.4 is 10.2 Å². The van der Waals surface area contributed by atoms with Crippen LogP contribution in [-0.4, -0.2) is 54.9 Å². The van der Waals surface area contributed by atoms with Crippen molar-refractivity contribution in [2.24, 2.45) is 11.3 Å². The third-order valence-electron chi connectivity index (χ3n) is 9.16. The van der Waals surface area contributed by atoms with Gasteiger partial charge in [-0.25, -0.2) is 9.07 Å². The molecule has 1 aliphatic heterocycles. The number of benzene rings is 2. The zero-order valence-corrected chi connectivity index (χ0v) is 24.9. The highest BCUT2D eigenvalue weighted by molar-refractivity contribution is 8.24. The Bertz CT molecular complexity index is 1500. The summed E-state index contributed by atoms with van der Waals surface area (Å²) < 4.78 is 35.5. The van der Waals surface area contributed by atoms with E-state index >= 15 is 0 Å². The van der Waals surface area contributed by atoms with E-state index in [0.717, 1.165) is 41.0 Å². The van der Waals surface area contributed by atoms with Gasteiger partial charge in [0.15, 0.2) is 0 Å². The van der Waals surface area contributed by atoms with Crippen molar-refractivity contribution in [3.63, 3.8) is 0 Å². The van der Waals surface area contributed by atoms with Crippen molar-refractivity contribution in [1.29, 1.82) is 5.26 Å². The minimum absolute atomic E-state index is 0.0138. The van der Waals surface area contributed by atoms with E-state index in [1.54, 1.807) is 16.8 Å². The topological polar surface area (TPSA) is 114 Å². The maximum Gasteiger partial charge on any atom is 0.225 e. The summed E-state index contributed by atoms with van der Waals surface area (Å²) in [7, 11) is -2.48. The molecule has 2 aromatic carbocycles. The van der Waals surface area contributed by atoms with Crippen LogP contribution in [0.3, 0.4) is 0 Å². The van der Waals surface area contributed by atoms with Crippen LogP contribution in [0.15, 0.2) is 54.7 Å². The van der Waals surface area contributed by atoms with Gasteiger partial charge in [-0.05, 0) is 79.5 Å². The van der Waals surface area contributed by atoms with Gasteiger partial charge in [0.2, 0.25) is 5.91 Å². The van der Waals surface area contributed by atoms with Crippen LogP contribution in [0.4, 0.5) is 10.1 Å². The van der Waals surface area contributed by atoms with Gasteiger partial charge in [0.1, 0.15) is 11.4 Å². The summed E-state index contributed by atoms with van der Waals surface area (Å²) >= 11 is 0. The first kappa shape index (κ1) is 28.7. The molecule has 42 heavy (non-hydrogen) atoms. The van der Waals surface area contributed by atoms with Crippen LogP contribution in [0.25, 0.3) is 16.8 Å². The van der Waals surface area contributed by atoms with Crippen molar-refractivity contribution in [3.8, 4) is 22.9 Å². The van der Waals surface area contributed by atoms with Gasteiger partial charge < -0.3 is 10.2 Å². The van der Waals surface area contributed by atoms with Gasteiger partial charge in [-0.15, -0.1) is 0 Å². The van der Waals surface area contributed by atoms with E-state index in [9.17, 15) is 23.6 Å². The number of halogens is 1. The van der Waals surface area contributed by atoms with E-state index in [1.807, 2.05) is 30.5 Å². The number of carbonyl (C=O) groups excluding carboxylic acids is 1. The second kappa shape index (κ2) is 10.7. The van der Waals surface area contributed by atoms with E-state index in [0.29, 0.717) is 43.9 Å². The summed E-state index contributed by atoms with van der Waals surface area (Å²) in [5.74, 6) is -0.131. The standard InChI is InChI=1S/C32H38FN5O3S/c1-31(2)12-11-26(27(19-31)30(39)35-32(21-34)13-14-32)29-28(20-38(36-29)25-9-5-23(33)6-10-25)22-3-7-24(8-4-22)37-15-17-42(40,41)18-16-37/h3-10,20,26-27,40-41H,11-19H2,1-2H3,(H,35,39)/t26-,27-/m1/s1. The second-order valence-electron chi connectivity index (χ2n) is 12.9. The van der Waals surface area contributed by atoms with E-state index in [4.69, 9.17) is 5.10 Å². The van der Waals surface area contributed by atoms with E-state index < -0.39 is 16.1 Å². The third-order valence-corrected chi connectivity index (χ3v) is 10.8. The molecule has 222 valence electrons.